The lowest BCUT2D eigenvalue weighted by Gasteiger charge is -2.32. The maximum Gasteiger partial charge on any atom is 0.270 e. The average molecular weight is 437 g/mol. The van der Waals surface area contributed by atoms with E-state index in [0.717, 1.165) is 17.0 Å². The molecule has 4 amide bonds. The molecule has 0 radical (unpaired) electrons. The Morgan fingerprint density at radius 2 is 1.84 bits per heavy atom. The molecule has 0 spiro atoms. The summed E-state index contributed by atoms with van der Waals surface area (Å²) in [6.07, 6.45) is 4.17. The molecule has 164 valence electrons. The van der Waals surface area contributed by atoms with Crippen molar-refractivity contribution in [3.05, 3.63) is 69.5 Å². The monoisotopic (exact) mass is 437 g/mol. The largest absolute Gasteiger partial charge is 0.352 e. The Labute approximate surface area is 182 Å². The van der Waals surface area contributed by atoms with Crippen LogP contribution in [-0.2, 0) is 4.79 Å². The van der Waals surface area contributed by atoms with Crippen LogP contribution in [0.5, 0.6) is 0 Å². The number of amides is 4. The van der Waals surface area contributed by atoms with Gasteiger partial charge in [0, 0.05) is 43.7 Å². The summed E-state index contributed by atoms with van der Waals surface area (Å²) in [4.78, 5) is 66.6. The van der Waals surface area contributed by atoms with Crippen LogP contribution in [0.2, 0.25) is 0 Å². The number of hydrogen-bond acceptors (Lipinski definition) is 7. The van der Waals surface area contributed by atoms with Crippen LogP contribution in [0.3, 0.4) is 0 Å². The third-order valence-electron chi connectivity index (χ3n) is 5.52. The van der Waals surface area contributed by atoms with Crippen LogP contribution in [0.4, 0.5) is 5.69 Å². The molecule has 32 heavy (non-hydrogen) atoms. The lowest BCUT2D eigenvalue weighted by atomic mass is 10.0. The number of imide groups is 1. The van der Waals surface area contributed by atoms with E-state index in [1.54, 1.807) is 23.2 Å². The summed E-state index contributed by atoms with van der Waals surface area (Å²) in [6.45, 7) is 0.430. The number of aromatic nitrogens is 1. The van der Waals surface area contributed by atoms with Crippen LogP contribution in [0.15, 0.2) is 42.7 Å². The fraction of sp³-hybridized carbons (Fsp3) is 0.286. The third kappa shape index (κ3) is 4.04. The minimum Gasteiger partial charge on any atom is -0.352 e. The van der Waals surface area contributed by atoms with Gasteiger partial charge in [0.15, 0.2) is 0 Å². The molecule has 1 saturated heterocycles. The van der Waals surface area contributed by atoms with E-state index >= 15 is 0 Å². The van der Waals surface area contributed by atoms with Crippen LogP contribution < -0.4 is 5.32 Å². The van der Waals surface area contributed by atoms with Gasteiger partial charge in [0.25, 0.3) is 23.4 Å². The van der Waals surface area contributed by atoms with Crippen molar-refractivity contribution in [1.29, 1.82) is 0 Å². The van der Waals surface area contributed by atoms with E-state index < -0.39 is 29.2 Å². The number of fused-ring (bicyclic) bond motifs is 1. The number of carbonyl (C=O) groups excluding carboxylic acids is 4. The van der Waals surface area contributed by atoms with Crippen molar-refractivity contribution in [2.24, 2.45) is 0 Å². The highest BCUT2D eigenvalue weighted by molar-refractivity contribution is 6.22. The van der Waals surface area contributed by atoms with E-state index in [1.165, 1.54) is 12.3 Å². The van der Waals surface area contributed by atoms with Crippen molar-refractivity contribution >= 4 is 29.3 Å². The maximum absolute atomic E-state index is 12.5. The second kappa shape index (κ2) is 8.53. The molecule has 2 aliphatic rings. The van der Waals surface area contributed by atoms with Crippen molar-refractivity contribution in [2.45, 2.75) is 18.9 Å². The lowest BCUT2D eigenvalue weighted by molar-refractivity contribution is -0.384. The number of likely N-dealkylation sites (tertiary alicyclic amines) is 1. The number of pyridine rings is 1. The smallest absolute Gasteiger partial charge is 0.270 e. The second-order valence-electron chi connectivity index (χ2n) is 7.56. The molecule has 0 saturated carbocycles. The fourth-order valence-electron chi connectivity index (χ4n) is 3.85. The predicted molar refractivity (Wildman–Crippen MR) is 110 cm³/mol. The number of rotatable bonds is 5. The summed E-state index contributed by atoms with van der Waals surface area (Å²) in [5, 5.41) is 13.7. The van der Waals surface area contributed by atoms with Gasteiger partial charge in [0.2, 0.25) is 5.91 Å². The number of non-ortho nitro benzene ring substituents is 1. The molecule has 0 aliphatic carbocycles. The molecule has 1 fully saturated rings. The van der Waals surface area contributed by atoms with Crippen LogP contribution in [0.1, 0.15) is 43.9 Å². The van der Waals surface area contributed by atoms with Gasteiger partial charge in [-0.1, -0.05) is 0 Å². The quantitative estimate of drug-likeness (QED) is 0.418. The minimum absolute atomic E-state index is 0.0376. The first-order valence-electron chi connectivity index (χ1n) is 9.98. The highest BCUT2D eigenvalue weighted by atomic mass is 16.6. The molecule has 3 heterocycles. The van der Waals surface area contributed by atoms with E-state index in [2.05, 4.69) is 10.3 Å². The van der Waals surface area contributed by atoms with E-state index in [0.29, 0.717) is 31.5 Å². The molecular weight excluding hydrogens is 418 g/mol. The highest BCUT2D eigenvalue weighted by Gasteiger charge is 2.38. The van der Waals surface area contributed by atoms with Gasteiger partial charge in [-0.15, -0.1) is 0 Å². The van der Waals surface area contributed by atoms with E-state index in [1.807, 2.05) is 0 Å². The van der Waals surface area contributed by atoms with Crippen molar-refractivity contribution in [3.63, 3.8) is 0 Å². The number of nitro groups is 1. The summed E-state index contributed by atoms with van der Waals surface area (Å²) in [5.74, 6) is -2.03. The van der Waals surface area contributed by atoms with Crippen molar-refractivity contribution in [1.82, 2.24) is 20.1 Å². The van der Waals surface area contributed by atoms with Crippen LogP contribution in [-0.4, -0.2) is 69.0 Å². The Hall–Kier alpha value is -4.15. The van der Waals surface area contributed by atoms with Gasteiger partial charge in [0.05, 0.1) is 21.6 Å². The molecule has 11 nitrogen and oxygen atoms in total. The van der Waals surface area contributed by atoms with Gasteiger partial charge >= 0.3 is 0 Å². The molecule has 1 aromatic carbocycles. The average Bonchev–Trinajstić information content (AvgIpc) is 3.04. The van der Waals surface area contributed by atoms with Crippen LogP contribution in [0, 0.1) is 10.1 Å². The Kier molecular flexibility index (Phi) is 5.63. The SMILES string of the molecule is O=C(CN1C(=O)c2ccc([N+](=O)[O-])cc2C1=O)NC1CCN(C(=O)c2cccnc2)CC1. The molecule has 2 aromatic rings. The van der Waals surface area contributed by atoms with Gasteiger partial charge in [-0.05, 0) is 31.0 Å². The van der Waals surface area contributed by atoms with Gasteiger partial charge < -0.3 is 10.2 Å². The standard InChI is InChI=1S/C21H19N5O6/c27-18(12-25-20(29)16-4-3-15(26(31)32)10-17(16)21(25)30)23-14-5-8-24(9-6-14)19(28)13-2-1-7-22-11-13/h1-4,7,10-11,14H,5-6,8-9,12H2,(H,23,27). The Balaban J connectivity index is 1.32. The normalized spacial score (nSPS) is 16.1. The Bertz CT molecular complexity index is 1110. The highest BCUT2D eigenvalue weighted by Crippen LogP contribution is 2.26. The van der Waals surface area contributed by atoms with Gasteiger partial charge in [-0.25, -0.2) is 0 Å². The molecule has 0 unspecified atom stereocenters. The topological polar surface area (TPSA) is 143 Å². The number of nitrogens with zero attached hydrogens (tertiary/aromatic N) is 4. The van der Waals surface area contributed by atoms with E-state index in [9.17, 15) is 29.3 Å². The van der Waals surface area contributed by atoms with E-state index in [4.69, 9.17) is 0 Å². The number of nitro benzene ring substituents is 1. The summed E-state index contributed by atoms with van der Waals surface area (Å²) in [6, 6.07) is 6.60. The molecule has 1 aromatic heterocycles. The number of hydrogen-bond donors (Lipinski definition) is 1. The zero-order valence-corrected chi connectivity index (χ0v) is 16.9. The first-order chi connectivity index (χ1) is 15.3. The van der Waals surface area contributed by atoms with Gasteiger partial charge in [0.1, 0.15) is 6.54 Å². The number of piperidine rings is 1. The summed E-state index contributed by atoms with van der Waals surface area (Å²) < 4.78 is 0. The van der Waals surface area contributed by atoms with Crippen LogP contribution >= 0.6 is 0 Å². The molecule has 1 N–H and O–H groups in total. The Morgan fingerprint density at radius 3 is 2.50 bits per heavy atom. The fourth-order valence-corrected chi connectivity index (χ4v) is 3.85. The van der Waals surface area contributed by atoms with Gasteiger partial charge in [-0.2, -0.15) is 0 Å². The lowest BCUT2D eigenvalue weighted by Crippen LogP contribution is -2.49. The summed E-state index contributed by atoms with van der Waals surface area (Å²) in [5.41, 5.74) is 0.152. The second-order valence-corrected chi connectivity index (χ2v) is 7.56. The first-order valence-corrected chi connectivity index (χ1v) is 9.98. The molecule has 0 bridgehead atoms. The van der Waals surface area contributed by atoms with Crippen LogP contribution in [0.25, 0.3) is 0 Å². The number of carbonyl (C=O) groups is 4. The number of benzene rings is 1. The van der Waals surface area contributed by atoms with Crippen molar-refractivity contribution in [2.75, 3.05) is 19.6 Å². The summed E-state index contributed by atoms with van der Waals surface area (Å²) >= 11 is 0. The summed E-state index contributed by atoms with van der Waals surface area (Å²) in [7, 11) is 0. The molecular formula is C21H19N5O6. The van der Waals surface area contributed by atoms with Gasteiger partial charge in [-0.3, -0.25) is 39.2 Å². The maximum atomic E-state index is 12.5. The third-order valence-corrected chi connectivity index (χ3v) is 5.52. The zero-order chi connectivity index (χ0) is 22.8. The first kappa shape index (κ1) is 21.1. The van der Waals surface area contributed by atoms with Crippen molar-refractivity contribution in [3.8, 4) is 0 Å². The van der Waals surface area contributed by atoms with E-state index in [-0.39, 0.29) is 28.8 Å². The molecule has 4 rings (SSSR count). The molecule has 0 atom stereocenters. The zero-order valence-electron chi connectivity index (χ0n) is 16.9. The molecule has 11 heteroatoms. The minimum atomic E-state index is -0.735. The molecule has 2 aliphatic heterocycles. The Morgan fingerprint density at radius 1 is 1.12 bits per heavy atom. The predicted octanol–water partition coefficient (Wildman–Crippen LogP) is 1.01. The number of nitrogens with one attached hydrogen (secondary N) is 1. The van der Waals surface area contributed by atoms with Crippen molar-refractivity contribution < 1.29 is 24.1 Å².